The van der Waals surface area contributed by atoms with Gasteiger partial charge in [-0.1, -0.05) is 36.4 Å². The summed E-state index contributed by atoms with van der Waals surface area (Å²) < 4.78 is 6.09. The van der Waals surface area contributed by atoms with Crippen LogP contribution in [0, 0.1) is 11.7 Å². The van der Waals surface area contributed by atoms with E-state index < -0.39 is 0 Å². The van der Waals surface area contributed by atoms with E-state index in [1.807, 2.05) is 82.9 Å². The average molecular weight is 333 g/mol. The quantitative estimate of drug-likeness (QED) is 0.534. The van der Waals surface area contributed by atoms with E-state index in [9.17, 15) is 0 Å². The Hall–Kier alpha value is -2.99. The Morgan fingerprint density at radius 2 is 1.42 bits per heavy atom. The molecule has 118 valence electrons. The largest absolute Gasteiger partial charge is 0.257 e. The Labute approximate surface area is 144 Å². The Morgan fingerprint density at radius 1 is 0.833 bits per heavy atom. The summed E-state index contributed by atoms with van der Waals surface area (Å²) >= 11 is 5.63. The first-order valence-electron chi connectivity index (χ1n) is 7.58. The van der Waals surface area contributed by atoms with Gasteiger partial charge in [0, 0.05) is 6.07 Å². The topological polar surface area (TPSA) is 40.6 Å². The van der Waals surface area contributed by atoms with E-state index in [4.69, 9.17) is 12.2 Å². The monoisotopic (exact) mass is 333 g/mol. The zero-order valence-corrected chi connectivity index (χ0v) is 13.9. The number of para-hydroxylation sites is 2. The fraction of sp³-hybridized carbons (Fsp3) is 0.0556. The Bertz CT molecular complexity index is 1030. The molecule has 0 saturated heterocycles. The van der Waals surface area contributed by atoms with Gasteiger partial charge in [-0.2, -0.15) is 10.2 Å². The van der Waals surface area contributed by atoms with Crippen LogP contribution in [0.1, 0.15) is 5.69 Å². The third kappa shape index (κ3) is 2.47. The maximum absolute atomic E-state index is 5.63. The van der Waals surface area contributed by atoms with Crippen molar-refractivity contribution in [3.8, 4) is 17.2 Å². The molecule has 0 atom stereocenters. The molecule has 0 amide bonds. The summed E-state index contributed by atoms with van der Waals surface area (Å²) in [6.07, 6.45) is 1.73. The molecule has 6 heteroatoms. The van der Waals surface area contributed by atoms with Crippen LogP contribution in [-0.4, -0.2) is 24.1 Å². The normalized spacial score (nSPS) is 10.9. The summed E-state index contributed by atoms with van der Waals surface area (Å²) in [5.74, 6) is 0.867. The van der Waals surface area contributed by atoms with Crippen LogP contribution < -0.4 is 0 Å². The predicted molar refractivity (Wildman–Crippen MR) is 95.6 cm³/mol. The molecule has 4 rings (SSSR count). The Morgan fingerprint density at radius 3 is 2.04 bits per heavy atom. The number of hydrogen-bond acceptors (Lipinski definition) is 3. The highest BCUT2D eigenvalue weighted by Gasteiger charge is 2.13. The van der Waals surface area contributed by atoms with Gasteiger partial charge in [0.25, 0.3) is 0 Å². The van der Waals surface area contributed by atoms with Crippen LogP contribution in [0.3, 0.4) is 0 Å². The molecule has 0 aliphatic rings. The molecule has 2 aromatic carbocycles. The molecule has 0 saturated carbocycles. The molecule has 0 fully saturated rings. The molecule has 0 N–H and O–H groups in total. The van der Waals surface area contributed by atoms with Crippen molar-refractivity contribution in [1.82, 2.24) is 24.1 Å². The van der Waals surface area contributed by atoms with Gasteiger partial charge in [0.2, 0.25) is 4.77 Å². The van der Waals surface area contributed by atoms with E-state index in [1.165, 1.54) is 0 Å². The number of rotatable bonds is 3. The highest BCUT2D eigenvalue weighted by atomic mass is 32.1. The molecule has 0 unspecified atom stereocenters. The lowest BCUT2D eigenvalue weighted by Crippen LogP contribution is -2.06. The van der Waals surface area contributed by atoms with Crippen molar-refractivity contribution in [2.75, 3.05) is 0 Å². The van der Waals surface area contributed by atoms with E-state index in [2.05, 4.69) is 10.2 Å². The summed E-state index contributed by atoms with van der Waals surface area (Å²) in [6, 6.07) is 21.9. The molecule has 2 aromatic heterocycles. The maximum atomic E-state index is 5.63. The molecule has 0 aliphatic carbocycles. The molecular formula is C18H15N5S. The van der Waals surface area contributed by atoms with Gasteiger partial charge in [0.05, 0.1) is 17.1 Å². The van der Waals surface area contributed by atoms with E-state index in [1.54, 1.807) is 11.0 Å². The van der Waals surface area contributed by atoms with Crippen molar-refractivity contribution < 1.29 is 0 Å². The number of benzene rings is 2. The Balaban J connectivity index is 1.87. The van der Waals surface area contributed by atoms with Gasteiger partial charge in [-0.3, -0.25) is 4.57 Å². The molecule has 4 aromatic rings. The van der Waals surface area contributed by atoms with Crippen molar-refractivity contribution in [1.29, 1.82) is 0 Å². The lowest BCUT2D eigenvalue weighted by Gasteiger charge is -2.07. The number of hydrogen-bond donors (Lipinski definition) is 0. The fourth-order valence-electron chi connectivity index (χ4n) is 2.62. The van der Waals surface area contributed by atoms with E-state index in [-0.39, 0.29) is 0 Å². The van der Waals surface area contributed by atoms with Gasteiger partial charge >= 0.3 is 0 Å². The number of aromatic nitrogens is 5. The molecule has 5 nitrogen and oxygen atoms in total. The first-order valence-corrected chi connectivity index (χ1v) is 7.99. The Kier molecular flexibility index (Phi) is 3.59. The number of nitrogens with zero attached hydrogens (tertiary/aromatic N) is 5. The molecule has 2 heterocycles. The maximum Gasteiger partial charge on any atom is 0.208 e. The summed E-state index contributed by atoms with van der Waals surface area (Å²) in [4.78, 5) is 0. The van der Waals surface area contributed by atoms with Crippen LogP contribution in [0.4, 0.5) is 0 Å². The van der Waals surface area contributed by atoms with Crippen LogP contribution in [-0.2, 0) is 0 Å². The SMILES string of the molecule is Cc1cc(-n2cnn(-c3ccccc3)c2=S)n(-c2ccccc2)n1. The third-order valence-electron chi connectivity index (χ3n) is 3.73. The molecule has 24 heavy (non-hydrogen) atoms. The lowest BCUT2D eigenvalue weighted by molar-refractivity contribution is 0.799. The van der Waals surface area contributed by atoms with Crippen LogP contribution >= 0.6 is 12.2 Å². The van der Waals surface area contributed by atoms with Crippen molar-refractivity contribution in [2.24, 2.45) is 0 Å². The average Bonchev–Trinajstić information content (AvgIpc) is 3.19. The van der Waals surface area contributed by atoms with Crippen LogP contribution in [0.5, 0.6) is 0 Å². The minimum atomic E-state index is 0.596. The number of aryl methyl sites for hydroxylation is 1. The summed E-state index contributed by atoms with van der Waals surface area (Å²) in [7, 11) is 0. The smallest absolute Gasteiger partial charge is 0.208 e. The molecular weight excluding hydrogens is 318 g/mol. The summed E-state index contributed by atoms with van der Waals surface area (Å²) in [5.41, 5.74) is 2.84. The van der Waals surface area contributed by atoms with Gasteiger partial charge in [-0.25, -0.2) is 9.36 Å². The molecule has 0 aliphatic heterocycles. The van der Waals surface area contributed by atoms with Crippen molar-refractivity contribution >= 4 is 12.2 Å². The predicted octanol–water partition coefficient (Wildman–Crippen LogP) is 3.89. The van der Waals surface area contributed by atoms with Gasteiger partial charge in [-0.15, -0.1) is 0 Å². The van der Waals surface area contributed by atoms with E-state index in [0.717, 1.165) is 22.9 Å². The minimum Gasteiger partial charge on any atom is -0.257 e. The van der Waals surface area contributed by atoms with Crippen molar-refractivity contribution in [3.63, 3.8) is 0 Å². The van der Waals surface area contributed by atoms with Gasteiger partial charge in [0.1, 0.15) is 12.1 Å². The van der Waals surface area contributed by atoms with Crippen LogP contribution in [0.15, 0.2) is 73.1 Å². The van der Waals surface area contributed by atoms with E-state index >= 15 is 0 Å². The second-order valence-corrected chi connectivity index (χ2v) is 5.79. The fourth-order valence-corrected chi connectivity index (χ4v) is 2.92. The standard InChI is InChI=1S/C18H15N5S/c1-14-12-17(22(20-14)15-8-4-2-5-9-15)21-13-19-23(18(21)24)16-10-6-3-7-11-16/h2-13H,1H3. The second kappa shape index (κ2) is 5.90. The van der Waals surface area contributed by atoms with Gasteiger partial charge < -0.3 is 0 Å². The zero-order valence-electron chi connectivity index (χ0n) is 13.1. The summed E-state index contributed by atoms with van der Waals surface area (Å²) in [5, 5.41) is 9.03. The van der Waals surface area contributed by atoms with Gasteiger partial charge in [0.15, 0.2) is 0 Å². The minimum absolute atomic E-state index is 0.596. The van der Waals surface area contributed by atoms with E-state index in [0.29, 0.717) is 4.77 Å². The molecule has 0 bridgehead atoms. The first-order chi connectivity index (χ1) is 11.7. The van der Waals surface area contributed by atoms with Crippen molar-refractivity contribution in [2.45, 2.75) is 6.92 Å². The van der Waals surface area contributed by atoms with Gasteiger partial charge in [-0.05, 0) is 43.4 Å². The molecule has 0 radical (unpaired) electrons. The highest BCUT2D eigenvalue weighted by molar-refractivity contribution is 7.71. The third-order valence-corrected chi connectivity index (χ3v) is 4.10. The highest BCUT2D eigenvalue weighted by Crippen LogP contribution is 2.18. The zero-order chi connectivity index (χ0) is 16.5. The molecule has 0 spiro atoms. The first kappa shape index (κ1) is 14.6. The van der Waals surface area contributed by atoms with Crippen LogP contribution in [0.25, 0.3) is 17.2 Å². The van der Waals surface area contributed by atoms with Crippen molar-refractivity contribution in [3.05, 3.63) is 83.5 Å². The second-order valence-electron chi connectivity index (χ2n) is 5.42. The van der Waals surface area contributed by atoms with Crippen LogP contribution in [0.2, 0.25) is 0 Å². The summed E-state index contributed by atoms with van der Waals surface area (Å²) in [6.45, 7) is 1.97. The lowest BCUT2D eigenvalue weighted by atomic mass is 10.3.